The smallest absolute Gasteiger partial charge is 0.362 e. The van der Waals surface area contributed by atoms with Crippen molar-refractivity contribution in [3.8, 4) is 0 Å². The van der Waals surface area contributed by atoms with Crippen LogP contribution in [0.2, 0.25) is 0 Å². The summed E-state index contributed by atoms with van der Waals surface area (Å²) in [5.41, 5.74) is 3.81. The van der Waals surface area contributed by atoms with Crippen LogP contribution in [0.3, 0.4) is 0 Å². The van der Waals surface area contributed by atoms with Crippen molar-refractivity contribution in [2.45, 2.75) is 6.43 Å². The molecule has 0 radical (unpaired) electrons. The van der Waals surface area contributed by atoms with Crippen LogP contribution in [0.1, 0.15) is 12.0 Å². The molecule has 0 aliphatic heterocycles. The number of halogens is 3. The molecule has 0 aromatic carbocycles. The molecule has 0 atom stereocenters. The summed E-state index contributed by atoms with van der Waals surface area (Å²) in [6.07, 6.45) is -3.15. The predicted octanol–water partition coefficient (Wildman–Crippen LogP) is 1.65. The Kier molecular flexibility index (Phi) is 2.54. The Morgan fingerprint density at radius 3 is 2.50 bits per heavy atom. The first-order valence-electron chi connectivity index (χ1n) is 3.32. The highest BCUT2D eigenvalue weighted by atomic mass is 19.3. The average molecular weight is 207 g/mol. The topological polar surface area (TPSA) is 82.0 Å². The zero-order valence-electron chi connectivity index (χ0n) is 6.58. The standard InChI is InChI=1S/C6H4F3N3O2/c7-2-1-3(12(13)14)11-6(10)4(2)5(8)9/h1,5H,(H2,10,11). The Labute approximate surface area is 75.5 Å². The molecule has 0 amide bonds. The first-order valence-corrected chi connectivity index (χ1v) is 3.32. The SMILES string of the molecule is Nc1nc([N+](=O)[O-])cc(F)c1C(F)F. The van der Waals surface area contributed by atoms with Crippen molar-refractivity contribution in [3.63, 3.8) is 0 Å². The number of pyridine rings is 1. The van der Waals surface area contributed by atoms with E-state index in [1.807, 2.05) is 0 Å². The fourth-order valence-electron chi connectivity index (χ4n) is 0.839. The maximum Gasteiger partial charge on any atom is 0.368 e. The van der Waals surface area contributed by atoms with Gasteiger partial charge in [0.2, 0.25) is 0 Å². The fourth-order valence-corrected chi connectivity index (χ4v) is 0.839. The number of alkyl halides is 2. The van der Waals surface area contributed by atoms with E-state index in [0.29, 0.717) is 6.07 Å². The highest BCUT2D eigenvalue weighted by Crippen LogP contribution is 2.28. The largest absolute Gasteiger partial charge is 0.368 e. The van der Waals surface area contributed by atoms with Crippen molar-refractivity contribution in [1.29, 1.82) is 0 Å². The number of rotatable bonds is 2. The molecule has 14 heavy (non-hydrogen) atoms. The molecule has 0 bridgehead atoms. The van der Waals surface area contributed by atoms with E-state index in [9.17, 15) is 23.3 Å². The number of hydrogen-bond donors (Lipinski definition) is 1. The molecule has 0 saturated carbocycles. The molecule has 1 aromatic rings. The van der Waals surface area contributed by atoms with Crippen LogP contribution < -0.4 is 5.73 Å². The van der Waals surface area contributed by atoms with Crippen molar-refractivity contribution >= 4 is 11.6 Å². The highest BCUT2D eigenvalue weighted by Gasteiger charge is 2.25. The summed E-state index contributed by atoms with van der Waals surface area (Å²) in [5.74, 6) is -3.20. The van der Waals surface area contributed by atoms with Crippen LogP contribution in [0.4, 0.5) is 24.8 Å². The number of nitrogens with zero attached hydrogens (tertiary/aromatic N) is 2. The van der Waals surface area contributed by atoms with Crippen molar-refractivity contribution < 1.29 is 18.1 Å². The van der Waals surface area contributed by atoms with E-state index in [2.05, 4.69) is 4.98 Å². The summed E-state index contributed by atoms with van der Waals surface area (Å²) in [4.78, 5) is 12.1. The van der Waals surface area contributed by atoms with Gasteiger partial charge in [-0.3, -0.25) is 0 Å². The first-order chi connectivity index (χ1) is 6.43. The second-order valence-electron chi connectivity index (χ2n) is 2.32. The molecule has 1 heterocycles. The quantitative estimate of drug-likeness (QED) is 0.590. The third kappa shape index (κ3) is 1.73. The number of nitrogen functional groups attached to an aromatic ring is 1. The lowest BCUT2D eigenvalue weighted by molar-refractivity contribution is -0.389. The Bertz CT molecular complexity index is 360. The normalized spacial score (nSPS) is 10.6. The van der Waals surface area contributed by atoms with Crippen LogP contribution in [-0.2, 0) is 0 Å². The van der Waals surface area contributed by atoms with Gasteiger partial charge in [-0.05, 0) is 9.91 Å². The minimum absolute atomic E-state index is 0.303. The first kappa shape index (κ1) is 10.2. The van der Waals surface area contributed by atoms with Gasteiger partial charge in [0, 0.05) is 0 Å². The van der Waals surface area contributed by atoms with E-state index in [1.54, 1.807) is 0 Å². The van der Waals surface area contributed by atoms with Crippen molar-refractivity contribution in [3.05, 3.63) is 27.6 Å². The molecule has 1 aromatic heterocycles. The van der Waals surface area contributed by atoms with Crippen LogP contribution in [0, 0.1) is 15.9 Å². The van der Waals surface area contributed by atoms with E-state index in [0.717, 1.165) is 0 Å². The summed E-state index contributed by atoms with van der Waals surface area (Å²) < 4.78 is 37.0. The number of anilines is 1. The van der Waals surface area contributed by atoms with E-state index in [1.165, 1.54) is 0 Å². The lowest BCUT2D eigenvalue weighted by atomic mass is 10.2. The molecule has 0 saturated heterocycles. The maximum absolute atomic E-state index is 12.8. The molecular formula is C6H4F3N3O2. The molecule has 0 aliphatic rings. The lowest BCUT2D eigenvalue weighted by Gasteiger charge is -2.01. The van der Waals surface area contributed by atoms with Crippen LogP contribution in [0.25, 0.3) is 0 Å². The van der Waals surface area contributed by atoms with E-state index in [-0.39, 0.29) is 0 Å². The van der Waals surface area contributed by atoms with Crippen LogP contribution >= 0.6 is 0 Å². The fraction of sp³-hybridized carbons (Fsp3) is 0.167. The van der Waals surface area contributed by atoms with Gasteiger partial charge in [-0.1, -0.05) is 0 Å². The van der Waals surface area contributed by atoms with Crippen molar-refractivity contribution in [2.75, 3.05) is 5.73 Å². The Balaban J connectivity index is 3.32. The van der Waals surface area contributed by atoms with E-state index in [4.69, 9.17) is 5.73 Å². The molecule has 0 spiro atoms. The van der Waals surface area contributed by atoms with Gasteiger partial charge in [-0.15, -0.1) is 0 Å². The Hall–Kier alpha value is -1.86. The Morgan fingerprint density at radius 2 is 2.14 bits per heavy atom. The number of hydrogen-bond acceptors (Lipinski definition) is 4. The van der Waals surface area contributed by atoms with Gasteiger partial charge in [0.15, 0.2) is 0 Å². The molecule has 5 nitrogen and oxygen atoms in total. The van der Waals surface area contributed by atoms with Crippen molar-refractivity contribution in [1.82, 2.24) is 4.98 Å². The monoisotopic (exact) mass is 207 g/mol. The second kappa shape index (κ2) is 3.48. The van der Waals surface area contributed by atoms with Crippen molar-refractivity contribution in [2.24, 2.45) is 0 Å². The molecular weight excluding hydrogens is 203 g/mol. The van der Waals surface area contributed by atoms with E-state index < -0.39 is 34.4 Å². The summed E-state index contributed by atoms with van der Waals surface area (Å²) in [7, 11) is 0. The molecule has 76 valence electrons. The molecule has 8 heteroatoms. The minimum atomic E-state index is -3.15. The van der Waals surface area contributed by atoms with Crippen LogP contribution in [0.5, 0.6) is 0 Å². The van der Waals surface area contributed by atoms with Gasteiger partial charge in [0.1, 0.15) is 11.4 Å². The molecule has 2 N–H and O–H groups in total. The predicted molar refractivity (Wildman–Crippen MR) is 40.2 cm³/mol. The van der Waals surface area contributed by atoms with Gasteiger partial charge in [0.25, 0.3) is 12.2 Å². The molecule has 1 rings (SSSR count). The summed E-state index contributed by atoms with van der Waals surface area (Å²) in [6.45, 7) is 0. The minimum Gasteiger partial charge on any atom is -0.362 e. The number of nitro groups is 1. The highest BCUT2D eigenvalue weighted by molar-refractivity contribution is 5.45. The van der Waals surface area contributed by atoms with Gasteiger partial charge < -0.3 is 15.8 Å². The van der Waals surface area contributed by atoms with Gasteiger partial charge in [-0.2, -0.15) is 0 Å². The average Bonchev–Trinajstić information content (AvgIpc) is 2.01. The summed E-state index contributed by atoms with van der Waals surface area (Å²) in [6, 6.07) is 0.303. The van der Waals surface area contributed by atoms with Gasteiger partial charge in [-0.25, -0.2) is 13.2 Å². The zero-order valence-corrected chi connectivity index (χ0v) is 6.58. The third-order valence-electron chi connectivity index (χ3n) is 1.43. The summed E-state index contributed by atoms with van der Waals surface area (Å²) in [5, 5.41) is 10.1. The zero-order chi connectivity index (χ0) is 10.9. The maximum atomic E-state index is 12.8. The second-order valence-corrected chi connectivity index (χ2v) is 2.32. The van der Waals surface area contributed by atoms with Crippen LogP contribution in [0.15, 0.2) is 6.07 Å². The number of nitrogens with two attached hydrogens (primary N) is 1. The lowest BCUT2D eigenvalue weighted by Crippen LogP contribution is -2.04. The number of aromatic nitrogens is 1. The van der Waals surface area contributed by atoms with Gasteiger partial charge in [0.05, 0.1) is 6.07 Å². The third-order valence-corrected chi connectivity index (χ3v) is 1.43. The Morgan fingerprint density at radius 1 is 1.57 bits per heavy atom. The summed E-state index contributed by atoms with van der Waals surface area (Å²) >= 11 is 0. The molecule has 0 fully saturated rings. The van der Waals surface area contributed by atoms with Gasteiger partial charge >= 0.3 is 5.82 Å². The van der Waals surface area contributed by atoms with Crippen LogP contribution in [-0.4, -0.2) is 9.91 Å². The molecule has 0 unspecified atom stereocenters. The molecule has 0 aliphatic carbocycles. The van der Waals surface area contributed by atoms with E-state index >= 15 is 0 Å².